The number of anilines is 1. The van der Waals surface area contributed by atoms with Crippen LogP contribution in [0.1, 0.15) is 18.2 Å². The Morgan fingerprint density at radius 3 is 2.59 bits per heavy atom. The summed E-state index contributed by atoms with van der Waals surface area (Å²) in [5, 5.41) is 11.8. The van der Waals surface area contributed by atoms with E-state index in [4.69, 9.17) is 0 Å². The number of rotatable bonds is 4. The van der Waals surface area contributed by atoms with Crippen LogP contribution in [0.2, 0.25) is 0 Å². The van der Waals surface area contributed by atoms with Gasteiger partial charge < -0.3 is 5.32 Å². The smallest absolute Gasteiger partial charge is 0.0758 e. The third-order valence-corrected chi connectivity index (χ3v) is 2.64. The van der Waals surface area contributed by atoms with Gasteiger partial charge >= 0.3 is 0 Å². The first kappa shape index (κ1) is 13.6. The molecule has 0 aromatic carbocycles. The van der Waals surface area contributed by atoms with Gasteiger partial charge in [-0.2, -0.15) is 10.2 Å². The van der Waals surface area contributed by atoms with Gasteiger partial charge in [0.15, 0.2) is 0 Å². The van der Waals surface area contributed by atoms with Crippen molar-refractivity contribution in [1.29, 1.82) is 0 Å². The Labute approximate surface area is 107 Å². The van der Waals surface area contributed by atoms with Gasteiger partial charge in [0.1, 0.15) is 0 Å². The number of nitrogens with one attached hydrogen (secondary N) is 1. The van der Waals surface area contributed by atoms with Crippen molar-refractivity contribution in [3.05, 3.63) is 29.8 Å². The van der Waals surface area contributed by atoms with Gasteiger partial charge in [0, 0.05) is 31.9 Å². The summed E-state index contributed by atoms with van der Waals surface area (Å²) in [4.78, 5) is 0. The van der Waals surface area contributed by atoms with Gasteiger partial charge in [-0.05, 0) is 13.8 Å². The molecule has 0 bridgehead atoms. The van der Waals surface area contributed by atoms with E-state index in [-0.39, 0.29) is 12.4 Å². The van der Waals surface area contributed by atoms with E-state index in [9.17, 15) is 0 Å². The number of aromatic nitrogens is 4. The van der Waals surface area contributed by atoms with Gasteiger partial charge in [-0.25, -0.2) is 0 Å². The summed E-state index contributed by atoms with van der Waals surface area (Å²) in [6.45, 7) is 5.84. The zero-order valence-corrected chi connectivity index (χ0v) is 11.2. The average molecular weight is 256 g/mol. The van der Waals surface area contributed by atoms with Crippen molar-refractivity contribution in [3.63, 3.8) is 0 Å². The van der Waals surface area contributed by atoms with Crippen LogP contribution in [0.4, 0.5) is 5.69 Å². The van der Waals surface area contributed by atoms with Gasteiger partial charge in [-0.15, -0.1) is 12.4 Å². The van der Waals surface area contributed by atoms with Crippen molar-refractivity contribution < 1.29 is 0 Å². The fraction of sp³-hybridized carbons (Fsp3) is 0.455. The summed E-state index contributed by atoms with van der Waals surface area (Å²) in [6.07, 6.45) is 5.74. The molecular formula is C11H18ClN5. The normalized spacial score (nSPS) is 10.1. The third kappa shape index (κ3) is 3.00. The lowest BCUT2D eigenvalue weighted by molar-refractivity contribution is 0.640. The first-order chi connectivity index (χ1) is 7.70. The SMILES string of the molecule is CCn1ncc(NCc2cnn(C)c2)c1C.Cl. The predicted molar refractivity (Wildman–Crippen MR) is 70.4 cm³/mol. The minimum absolute atomic E-state index is 0. The minimum Gasteiger partial charge on any atom is -0.378 e. The molecule has 2 rings (SSSR count). The van der Waals surface area contributed by atoms with Crippen LogP contribution in [0.3, 0.4) is 0 Å². The van der Waals surface area contributed by atoms with Crippen LogP contribution >= 0.6 is 12.4 Å². The summed E-state index contributed by atoms with van der Waals surface area (Å²) in [6, 6.07) is 0. The number of halogens is 1. The molecule has 0 saturated heterocycles. The van der Waals surface area contributed by atoms with E-state index in [1.165, 1.54) is 11.3 Å². The largest absolute Gasteiger partial charge is 0.378 e. The summed E-state index contributed by atoms with van der Waals surface area (Å²) >= 11 is 0. The van der Waals surface area contributed by atoms with Gasteiger partial charge in [0.05, 0.1) is 23.8 Å². The monoisotopic (exact) mass is 255 g/mol. The molecule has 2 aromatic heterocycles. The molecule has 0 spiro atoms. The highest BCUT2D eigenvalue weighted by atomic mass is 35.5. The molecular weight excluding hydrogens is 238 g/mol. The molecule has 0 aliphatic heterocycles. The molecule has 0 aliphatic carbocycles. The molecule has 94 valence electrons. The molecule has 17 heavy (non-hydrogen) atoms. The Balaban J connectivity index is 0.00000144. The molecule has 0 radical (unpaired) electrons. The maximum absolute atomic E-state index is 4.29. The summed E-state index contributed by atoms with van der Waals surface area (Å²) in [5.74, 6) is 0. The standard InChI is InChI=1S/C11H17N5.ClH/c1-4-16-9(2)11(7-14-16)12-5-10-6-13-15(3)8-10;/h6-8,12H,4-5H2,1-3H3;1H. The van der Waals surface area contributed by atoms with E-state index in [0.29, 0.717) is 0 Å². The third-order valence-electron chi connectivity index (χ3n) is 2.64. The van der Waals surface area contributed by atoms with Crippen LogP contribution in [-0.4, -0.2) is 19.6 Å². The van der Waals surface area contributed by atoms with Crippen LogP contribution in [0.15, 0.2) is 18.6 Å². The molecule has 2 heterocycles. The zero-order valence-electron chi connectivity index (χ0n) is 10.3. The summed E-state index contributed by atoms with van der Waals surface area (Å²) in [5.41, 5.74) is 3.43. The molecule has 5 nitrogen and oxygen atoms in total. The van der Waals surface area contributed by atoms with Crippen molar-refractivity contribution in [2.75, 3.05) is 5.32 Å². The topological polar surface area (TPSA) is 47.7 Å². The molecule has 0 atom stereocenters. The Kier molecular flexibility index (Phi) is 4.57. The van der Waals surface area contributed by atoms with Crippen molar-refractivity contribution in [3.8, 4) is 0 Å². The number of aryl methyl sites for hydroxylation is 2. The number of hydrogen-bond donors (Lipinski definition) is 1. The number of nitrogens with zero attached hydrogens (tertiary/aromatic N) is 4. The molecule has 0 amide bonds. The van der Waals surface area contributed by atoms with Crippen molar-refractivity contribution in [2.45, 2.75) is 26.9 Å². The quantitative estimate of drug-likeness (QED) is 0.909. The van der Waals surface area contributed by atoms with E-state index in [0.717, 1.165) is 18.8 Å². The molecule has 1 N–H and O–H groups in total. The fourth-order valence-electron chi connectivity index (χ4n) is 1.70. The summed E-state index contributed by atoms with van der Waals surface area (Å²) in [7, 11) is 1.92. The maximum Gasteiger partial charge on any atom is 0.0758 e. The number of hydrogen-bond acceptors (Lipinski definition) is 3. The van der Waals surface area contributed by atoms with Gasteiger partial charge in [-0.3, -0.25) is 9.36 Å². The second-order valence-electron chi connectivity index (χ2n) is 3.84. The minimum atomic E-state index is 0. The van der Waals surface area contributed by atoms with Crippen molar-refractivity contribution >= 4 is 18.1 Å². The molecule has 6 heteroatoms. The van der Waals surface area contributed by atoms with E-state index >= 15 is 0 Å². The van der Waals surface area contributed by atoms with Crippen LogP contribution in [0.25, 0.3) is 0 Å². The molecule has 2 aromatic rings. The maximum atomic E-state index is 4.29. The van der Waals surface area contributed by atoms with Crippen molar-refractivity contribution in [1.82, 2.24) is 19.6 Å². The molecule has 0 unspecified atom stereocenters. The van der Waals surface area contributed by atoms with Gasteiger partial charge in [0.2, 0.25) is 0 Å². The highest BCUT2D eigenvalue weighted by Gasteiger charge is 2.04. The Bertz CT molecular complexity index is 474. The molecule has 0 fully saturated rings. The fourth-order valence-corrected chi connectivity index (χ4v) is 1.70. The van der Waals surface area contributed by atoms with Crippen LogP contribution in [0.5, 0.6) is 0 Å². The van der Waals surface area contributed by atoms with Crippen LogP contribution < -0.4 is 5.32 Å². The van der Waals surface area contributed by atoms with Crippen molar-refractivity contribution in [2.24, 2.45) is 7.05 Å². The molecule has 0 aliphatic rings. The van der Waals surface area contributed by atoms with Gasteiger partial charge in [0.25, 0.3) is 0 Å². The second kappa shape index (κ2) is 5.72. The van der Waals surface area contributed by atoms with E-state index in [1.54, 1.807) is 4.68 Å². The second-order valence-corrected chi connectivity index (χ2v) is 3.84. The first-order valence-electron chi connectivity index (χ1n) is 5.44. The average Bonchev–Trinajstić information content (AvgIpc) is 2.83. The van der Waals surface area contributed by atoms with Crippen LogP contribution in [-0.2, 0) is 20.1 Å². The highest BCUT2D eigenvalue weighted by Crippen LogP contribution is 2.14. The zero-order chi connectivity index (χ0) is 11.5. The first-order valence-corrected chi connectivity index (χ1v) is 5.44. The van der Waals surface area contributed by atoms with E-state index in [1.807, 2.05) is 30.3 Å². The Morgan fingerprint density at radius 2 is 2.06 bits per heavy atom. The lowest BCUT2D eigenvalue weighted by atomic mass is 10.3. The lowest BCUT2D eigenvalue weighted by Gasteiger charge is -2.04. The summed E-state index contributed by atoms with van der Waals surface area (Å²) < 4.78 is 3.78. The highest BCUT2D eigenvalue weighted by molar-refractivity contribution is 5.85. The Morgan fingerprint density at radius 1 is 1.29 bits per heavy atom. The van der Waals surface area contributed by atoms with E-state index in [2.05, 4.69) is 29.4 Å². The Hall–Kier alpha value is -1.49. The van der Waals surface area contributed by atoms with Crippen LogP contribution in [0, 0.1) is 6.92 Å². The van der Waals surface area contributed by atoms with Gasteiger partial charge in [-0.1, -0.05) is 0 Å². The lowest BCUT2D eigenvalue weighted by Crippen LogP contribution is -2.02. The molecule has 0 saturated carbocycles. The van der Waals surface area contributed by atoms with E-state index < -0.39 is 0 Å². The predicted octanol–water partition coefficient (Wildman–Crippen LogP) is 1.98.